The third-order valence-corrected chi connectivity index (χ3v) is 5.28. The molecule has 0 saturated carbocycles. The van der Waals surface area contributed by atoms with E-state index in [-0.39, 0.29) is 37.7 Å². The van der Waals surface area contributed by atoms with Gasteiger partial charge < -0.3 is 15.0 Å². The summed E-state index contributed by atoms with van der Waals surface area (Å²) in [5.41, 5.74) is 3.35. The minimum Gasteiger partial charge on any atom is -0.491 e. The smallest absolute Gasteiger partial charge is 0.327 e. The molecule has 0 radical (unpaired) electrons. The zero-order valence-corrected chi connectivity index (χ0v) is 17.7. The number of rotatable bonds is 8. The van der Waals surface area contributed by atoms with E-state index in [4.69, 9.17) is 16.3 Å². The summed E-state index contributed by atoms with van der Waals surface area (Å²) < 4.78 is 5.79. The highest BCUT2D eigenvalue weighted by Gasteiger charge is 2.33. The number of urea groups is 1. The number of nitrogens with zero attached hydrogens (tertiary/aromatic N) is 2. The van der Waals surface area contributed by atoms with Gasteiger partial charge in [-0.3, -0.25) is 9.69 Å². The first-order valence-corrected chi connectivity index (χ1v) is 9.99. The molecule has 0 spiro atoms. The first-order valence-electron chi connectivity index (χ1n) is 9.62. The van der Waals surface area contributed by atoms with E-state index in [1.165, 1.54) is 15.4 Å². The molecule has 6 nitrogen and oxygen atoms in total. The van der Waals surface area contributed by atoms with Crippen LogP contribution in [0.1, 0.15) is 29.7 Å². The standard InChI is InChI=1S/C22H26ClN3O3/c1-15-12-17(13-24-16(2)18-5-7-19(23)8-6-18)4-9-20(15)29-11-10-26-21(27)14-25(3)22(26)28/h4-9,12,16,24H,10-11,13-14H2,1-3H3/t16-/m0/s1. The predicted octanol–water partition coefficient (Wildman–Crippen LogP) is 3.77. The average molecular weight is 416 g/mol. The number of likely N-dealkylation sites (N-methyl/N-ethyl adjacent to an activating group) is 1. The lowest BCUT2D eigenvalue weighted by molar-refractivity contribution is -0.125. The molecule has 1 saturated heterocycles. The molecular weight excluding hydrogens is 390 g/mol. The highest BCUT2D eigenvalue weighted by Crippen LogP contribution is 2.21. The van der Waals surface area contributed by atoms with E-state index in [2.05, 4.69) is 18.3 Å². The number of carbonyl (C=O) groups excluding carboxylic acids is 2. The van der Waals surface area contributed by atoms with Gasteiger partial charge in [0.15, 0.2) is 0 Å². The Kier molecular flexibility index (Phi) is 6.77. The monoisotopic (exact) mass is 415 g/mol. The van der Waals surface area contributed by atoms with Crippen LogP contribution in [0.2, 0.25) is 5.02 Å². The first kappa shape index (κ1) is 21.1. The van der Waals surface area contributed by atoms with Crippen molar-refractivity contribution in [3.8, 4) is 5.75 Å². The molecule has 1 aliphatic heterocycles. The summed E-state index contributed by atoms with van der Waals surface area (Å²) in [6.45, 7) is 5.50. The van der Waals surface area contributed by atoms with Crippen LogP contribution in [0.3, 0.4) is 0 Å². The molecule has 1 heterocycles. The fourth-order valence-corrected chi connectivity index (χ4v) is 3.39. The van der Waals surface area contributed by atoms with Crippen molar-refractivity contribution in [3.63, 3.8) is 0 Å². The second kappa shape index (κ2) is 9.29. The lowest BCUT2D eigenvalue weighted by atomic mass is 10.1. The van der Waals surface area contributed by atoms with Gasteiger partial charge in [0.25, 0.3) is 0 Å². The molecule has 7 heteroatoms. The predicted molar refractivity (Wildman–Crippen MR) is 113 cm³/mol. The molecule has 3 amide bonds. The zero-order valence-electron chi connectivity index (χ0n) is 16.9. The van der Waals surface area contributed by atoms with Crippen LogP contribution in [0.15, 0.2) is 42.5 Å². The summed E-state index contributed by atoms with van der Waals surface area (Å²) in [5.74, 6) is 0.570. The van der Waals surface area contributed by atoms with E-state index in [0.29, 0.717) is 0 Å². The van der Waals surface area contributed by atoms with Gasteiger partial charge in [0.1, 0.15) is 18.9 Å². The SMILES string of the molecule is Cc1cc(CN[C@@H](C)c2ccc(Cl)cc2)ccc1OCCN1C(=O)CN(C)C1=O. The van der Waals surface area contributed by atoms with Crippen molar-refractivity contribution >= 4 is 23.5 Å². The summed E-state index contributed by atoms with van der Waals surface area (Å²) in [4.78, 5) is 26.3. The molecule has 29 heavy (non-hydrogen) atoms. The van der Waals surface area contributed by atoms with Crippen molar-refractivity contribution in [1.29, 1.82) is 0 Å². The Morgan fingerprint density at radius 3 is 2.52 bits per heavy atom. The minimum atomic E-state index is -0.272. The quantitative estimate of drug-likeness (QED) is 0.666. The van der Waals surface area contributed by atoms with Crippen LogP contribution < -0.4 is 10.1 Å². The molecule has 0 aliphatic carbocycles. The van der Waals surface area contributed by atoms with Gasteiger partial charge in [-0.2, -0.15) is 0 Å². The lowest BCUT2D eigenvalue weighted by Gasteiger charge is -2.17. The van der Waals surface area contributed by atoms with Gasteiger partial charge in [-0.1, -0.05) is 35.9 Å². The van der Waals surface area contributed by atoms with Crippen LogP contribution in [-0.4, -0.2) is 48.5 Å². The number of imide groups is 1. The number of halogens is 1. The maximum atomic E-state index is 11.9. The third-order valence-electron chi connectivity index (χ3n) is 5.03. The van der Waals surface area contributed by atoms with Gasteiger partial charge in [0.05, 0.1) is 6.54 Å². The van der Waals surface area contributed by atoms with Crippen LogP contribution >= 0.6 is 11.6 Å². The molecule has 0 bridgehead atoms. The Bertz CT molecular complexity index is 885. The van der Waals surface area contributed by atoms with Gasteiger partial charge in [-0.15, -0.1) is 0 Å². The second-order valence-electron chi connectivity index (χ2n) is 7.29. The van der Waals surface area contributed by atoms with Crippen molar-refractivity contribution in [3.05, 3.63) is 64.2 Å². The minimum absolute atomic E-state index is 0.133. The molecule has 2 aromatic carbocycles. The number of carbonyl (C=O) groups is 2. The molecule has 2 aromatic rings. The van der Waals surface area contributed by atoms with E-state index < -0.39 is 0 Å². The largest absolute Gasteiger partial charge is 0.491 e. The zero-order chi connectivity index (χ0) is 21.0. The van der Waals surface area contributed by atoms with E-state index in [9.17, 15) is 9.59 Å². The average Bonchev–Trinajstić information content (AvgIpc) is 2.94. The van der Waals surface area contributed by atoms with Crippen molar-refractivity contribution in [1.82, 2.24) is 15.1 Å². The van der Waals surface area contributed by atoms with E-state index >= 15 is 0 Å². The highest BCUT2D eigenvalue weighted by atomic mass is 35.5. The number of amides is 3. The number of aryl methyl sites for hydroxylation is 1. The number of hydrogen-bond acceptors (Lipinski definition) is 4. The fraction of sp³-hybridized carbons (Fsp3) is 0.364. The summed E-state index contributed by atoms with van der Waals surface area (Å²) in [7, 11) is 1.62. The first-order chi connectivity index (χ1) is 13.8. The number of hydrogen-bond donors (Lipinski definition) is 1. The fourth-order valence-electron chi connectivity index (χ4n) is 3.26. The van der Waals surface area contributed by atoms with E-state index in [1.54, 1.807) is 7.05 Å². The number of ether oxygens (including phenoxy) is 1. The van der Waals surface area contributed by atoms with Crippen molar-refractivity contribution in [2.45, 2.75) is 26.4 Å². The van der Waals surface area contributed by atoms with Crippen molar-refractivity contribution in [2.75, 3.05) is 26.7 Å². The number of nitrogens with one attached hydrogen (secondary N) is 1. The van der Waals surface area contributed by atoms with Crippen LogP contribution in [0, 0.1) is 6.92 Å². The van der Waals surface area contributed by atoms with Crippen molar-refractivity contribution in [2.24, 2.45) is 0 Å². The van der Waals surface area contributed by atoms with Crippen LogP contribution in [0.25, 0.3) is 0 Å². The van der Waals surface area contributed by atoms with Gasteiger partial charge in [-0.25, -0.2) is 4.79 Å². The summed E-state index contributed by atoms with van der Waals surface area (Å²) in [6.07, 6.45) is 0. The number of benzene rings is 2. The normalized spacial score (nSPS) is 15.2. The Hall–Kier alpha value is -2.57. The van der Waals surface area contributed by atoms with Crippen LogP contribution in [0.4, 0.5) is 4.79 Å². The van der Waals surface area contributed by atoms with Crippen LogP contribution in [0.5, 0.6) is 5.75 Å². The lowest BCUT2D eigenvalue weighted by Crippen LogP contribution is -2.35. The molecule has 1 atom stereocenters. The Labute approximate surface area is 176 Å². The van der Waals surface area contributed by atoms with Gasteiger partial charge >= 0.3 is 6.03 Å². The molecule has 3 rings (SSSR count). The Morgan fingerprint density at radius 1 is 1.17 bits per heavy atom. The molecule has 1 aliphatic rings. The highest BCUT2D eigenvalue weighted by molar-refractivity contribution is 6.30. The molecular formula is C22H26ClN3O3. The second-order valence-corrected chi connectivity index (χ2v) is 7.72. The van der Waals surface area contributed by atoms with Gasteiger partial charge in [-0.05, 0) is 48.7 Å². The molecule has 0 unspecified atom stereocenters. The van der Waals surface area contributed by atoms with Crippen molar-refractivity contribution < 1.29 is 14.3 Å². The molecule has 154 valence electrons. The van der Waals surface area contributed by atoms with E-state index in [0.717, 1.165) is 28.4 Å². The summed E-state index contributed by atoms with van der Waals surface area (Å²) >= 11 is 5.94. The third kappa shape index (κ3) is 5.28. The molecule has 1 fully saturated rings. The topological polar surface area (TPSA) is 61.9 Å². The summed E-state index contributed by atoms with van der Waals surface area (Å²) in [5, 5.41) is 4.24. The van der Waals surface area contributed by atoms with Gasteiger partial charge in [0, 0.05) is 24.7 Å². The Balaban J connectivity index is 1.50. The maximum Gasteiger partial charge on any atom is 0.327 e. The Morgan fingerprint density at radius 2 is 1.90 bits per heavy atom. The molecule has 1 N–H and O–H groups in total. The maximum absolute atomic E-state index is 11.9. The molecule has 0 aromatic heterocycles. The van der Waals surface area contributed by atoms with Crippen LogP contribution in [-0.2, 0) is 11.3 Å². The summed E-state index contributed by atoms with van der Waals surface area (Å²) in [6, 6.07) is 13.8. The van der Waals surface area contributed by atoms with Gasteiger partial charge in [0.2, 0.25) is 5.91 Å². The van der Waals surface area contributed by atoms with E-state index in [1.807, 2.05) is 43.3 Å².